The monoisotopic (exact) mass is 490 g/mol. The first kappa shape index (κ1) is 22.5. The van der Waals surface area contributed by atoms with Crippen molar-refractivity contribution in [1.29, 1.82) is 0 Å². The van der Waals surface area contributed by atoms with Crippen LogP contribution in [0.2, 0.25) is 0 Å². The summed E-state index contributed by atoms with van der Waals surface area (Å²) in [6.07, 6.45) is -9.12. The molecule has 4 nitrogen and oxygen atoms in total. The van der Waals surface area contributed by atoms with Crippen molar-refractivity contribution >= 4 is 31.6 Å². The summed E-state index contributed by atoms with van der Waals surface area (Å²) in [6.45, 7) is -1.55. The summed E-state index contributed by atoms with van der Waals surface area (Å²) in [5.41, 5.74) is 0.177. The first-order valence-electron chi connectivity index (χ1n) is 7.54. The Hall–Kier alpha value is -1.79. The fraction of sp³-hybridized carbons (Fsp3) is 0.250. The van der Waals surface area contributed by atoms with Gasteiger partial charge < -0.3 is 5.32 Å². The Morgan fingerprint density at radius 3 is 2.04 bits per heavy atom. The van der Waals surface area contributed by atoms with Crippen LogP contribution in [-0.2, 0) is 22.7 Å². The van der Waals surface area contributed by atoms with Gasteiger partial charge in [-0.2, -0.15) is 26.3 Å². The molecule has 0 heterocycles. The van der Waals surface area contributed by atoms with Gasteiger partial charge in [0.25, 0.3) is 0 Å². The third kappa shape index (κ3) is 6.38. The van der Waals surface area contributed by atoms with Crippen LogP contribution in [0.25, 0.3) is 0 Å². The number of hydrogen-bond donors (Lipinski definition) is 2. The first-order valence-corrected chi connectivity index (χ1v) is 9.81. The molecule has 0 saturated heterocycles. The van der Waals surface area contributed by atoms with Gasteiger partial charge >= 0.3 is 12.4 Å². The average Bonchev–Trinajstić information content (AvgIpc) is 2.58. The molecule has 0 aliphatic carbocycles. The highest BCUT2D eigenvalue weighted by Crippen LogP contribution is 2.30. The standard InChI is InChI=1S/C16H13BrF6N2O2S/c17-13-7-12(28(26,27)25-9-15(18,19)20)5-6-14(13)24-8-10-1-3-11(4-2-10)16(21,22)23/h1-7,24-25H,8-9H2. The number of anilines is 1. The number of hydrogen-bond acceptors (Lipinski definition) is 3. The molecule has 0 aliphatic rings. The van der Waals surface area contributed by atoms with E-state index in [0.717, 1.165) is 24.3 Å². The SMILES string of the molecule is O=S(=O)(NCC(F)(F)F)c1ccc(NCc2ccc(C(F)(F)F)cc2)c(Br)c1. The second-order valence-corrected chi connectivity index (χ2v) is 8.25. The highest BCUT2D eigenvalue weighted by atomic mass is 79.9. The maximum absolute atomic E-state index is 12.5. The molecule has 0 spiro atoms. The quantitative estimate of drug-likeness (QED) is 0.565. The minimum absolute atomic E-state index is 0.148. The van der Waals surface area contributed by atoms with Gasteiger partial charge in [-0.05, 0) is 51.8 Å². The molecule has 0 amide bonds. The third-order valence-corrected chi connectivity index (χ3v) is 5.53. The van der Waals surface area contributed by atoms with Crippen LogP contribution >= 0.6 is 15.9 Å². The Morgan fingerprint density at radius 1 is 0.929 bits per heavy atom. The Balaban J connectivity index is 2.06. The zero-order valence-electron chi connectivity index (χ0n) is 13.8. The first-order chi connectivity index (χ1) is 12.8. The number of alkyl halides is 6. The van der Waals surface area contributed by atoms with E-state index in [4.69, 9.17) is 0 Å². The van der Waals surface area contributed by atoms with E-state index >= 15 is 0 Å². The van der Waals surface area contributed by atoms with Crippen LogP contribution in [0, 0.1) is 0 Å². The summed E-state index contributed by atoms with van der Waals surface area (Å²) < 4.78 is 99.7. The normalized spacial score (nSPS) is 12.8. The van der Waals surface area contributed by atoms with Gasteiger partial charge in [0.2, 0.25) is 10.0 Å². The molecule has 0 aliphatic heterocycles. The van der Waals surface area contributed by atoms with E-state index in [2.05, 4.69) is 21.2 Å². The second kappa shape index (κ2) is 8.29. The van der Waals surface area contributed by atoms with Gasteiger partial charge in [-0.15, -0.1) is 0 Å². The lowest BCUT2D eigenvalue weighted by molar-refractivity contribution is -0.137. The number of rotatable bonds is 6. The van der Waals surface area contributed by atoms with Gasteiger partial charge in [-0.3, -0.25) is 0 Å². The van der Waals surface area contributed by atoms with Crippen LogP contribution in [0.5, 0.6) is 0 Å². The van der Waals surface area contributed by atoms with Gasteiger partial charge in [0, 0.05) is 16.7 Å². The maximum atomic E-state index is 12.5. The van der Waals surface area contributed by atoms with Crippen molar-refractivity contribution < 1.29 is 34.8 Å². The molecule has 2 aromatic carbocycles. The predicted octanol–water partition coefficient (Wildman–Crippen LogP) is 4.92. The zero-order valence-corrected chi connectivity index (χ0v) is 16.2. The number of nitrogens with one attached hydrogen (secondary N) is 2. The molecule has 0 saturated carbocycles. The Morgan fingerprint density at radius 2 is 1.54 bits per heavy atom. The van der Waals surface area contributed by atoms with Crippen molar-refractivity contribution in [3.05, 3.63) is 58.1 Å². The molecule has 0 atom stereocenters. The van der Waals surface area contributed by atoms with E-state index in [1.165, 1.54) is 22.9 Å². The smallest absolute Gasteiger partial charge is 0.380 e. The van der Waals surface area contributed by atoms with E-state index in [9.17, 15) is 34.8 Å². The van der Waals surface area contributed by atoms with Gasteiger partial charge in [0.1, 0.15) is 6.54 Å². The molecular formula is C16H13BrF6N2O2S. The van der Waals surface area contributed by atoms with Crippen LogP contribution in [0.1, 0.15) is 11.1 Å². The molecular weight excluding hydrogens is 478 g/mol. The van der Waals surface area contributed by atoms with Crippen LogP contribution in [-0.4, -0.2) is 21.1 Å². The molecule has 154 valence electrons. The fourth-order valence-corrected chi connectivity index (χ4v) is 3.79. The Kier molecular flexibility index (Phi) is 6.66. The number of sulfonamides is 1. The largest absolute Gasteiger partial charge is 0.416 e. The third-order valence-electron chi connectivity index (χ3n) is 3.48. The van der Waals surface area contributed by atoms with E-state index in [0.29, 0.717) is 11.3 Å². The summed E-state index contributed by atoms with van der Waals surface area (Å²) in [7, 11) is -4.35. The predicted molar refractivity (Wildman–Crippen MR) is 94.2 cm³/mol. The van der Waals surface area contributed by atoms with Gasteiger partial charge in [0.05, 0.1) is 10.5 Å². The Labute approximate surface area is 165 Å². The van der Waals surface area contributed by atoms with E-state index < -0.39 is 34.5 Å². The van der Waals surface area contributed by atoms with Gasteiger partial charge in [0.15, 0.2) is 0 Å². The molecule has 28 heavy (non-hydrogen) atoms. The molecule has 0 bridgehead atoms. The van der Waals surface area contributed by atoms with Gasteiger partial charge in [-0.1, -0.05) is 12.1 Å². The molecule has 2 N–H and O–H groups in total. The summed E-state index contributed by atoms with van der Waals surface area (Å²) >= 11 is 3.12. The van der Waals surface area contributed by atoms with E-state index in [1.807, 2.05) is 0 Å². The summed E-state index contributed by atoms with van der Waals surface area (Å²) in [6, 6.07) is 8.03. The van der Waals surface area contributed by atoms with Gasteiger partial charge in [-0.25, -0.2) is 13.1 Å². The second-order valence-electron chi connectivity index (χ2n) is 5.63. The summed E-state index contributed by atoms with van der Waals surface area (Å²) in [5, 5.41) is 2.90. The lowest BCUT2D eigenvalue weighted by atomic mass is 10.1. The van der Waals surface area contributed by atoms with Crippen molar-refractivity contribution in [1.82, 2.24) is 4.72 Å². The van der Waals surface area contributed by atoms with Crippen molar-refractivity contribution in [2.75, 3.05) is 11.9 Å². The van der Waals surface area contributed by atoms with Crippen LogP contribution in [0.3, 0.4) is 0 Å². The van der Waals surface area contributed by atoms with Crippen LogP contribution in [0.4, 0.5) is 32.0 Å². The molecule has 2 rings (SSSR count). The number of benzene rings is 2. The van der Waals surface area contributed by atoms with E-state index in [-0.39, 0.29) is 15.9 Å². The maximum Gasteiger partial charge on any atom is 0.416 e. The molecule has 0 radical (unpaired) electrons. The highest BCUT2D eigenvalue weighted by molar-refractivity contribution is 9.10. The van der Waals surface area contributed by atoms with Crippen molar-refractivity contribution in [2.24, 2.45) is 0 Å². The lowest BCUT2D eigenvalue weighted by Crippen LogP contribution is -2.33. The van der Waals surface area contributed by atoms with Crippen LogP contribution < -0.4 is 10.0 Å². The van der Waals surface area contributed by atoms with E-state index in [1.54, 1.807) is 0 Å². The summed E-state index contributed by atoms with van der Waals surface area (Å²) in [5.74, 6) is 0. The molecule has 0 fully saturated rings. The van der Waals surface area contributed by atoms with Crippen molar-refractivity contribution in [2.45, 2.75) is 23.8 Å². The highest BCUT2D eigenvalue weighted by Gasteiger charge is 2.31. The molecule has 2 aromatic rings. The topological polar surface area (TPSA) is 58.2 Å². The minimum Gasteiger partial charge on any atom is -0.380 e. The lowest BCUT2D eigenvalue weighted by Gasteiger charge is -2.13. The van der Waals surface area contributed by atoms with Crippen LogP contribution in [0.15, 0.2) is 51.8 Å². The van der Waals surface area contributed by atoms with Crippen molar-refractivity contribution in [3.8, 4) is 0 Å². The Bertz CT molecular complexity index is 928. The number of halogens is 7. The molecule has 0 unspecified atom stereocenters. The fourth-order valence-electron chi connectivity index (χ4n) is 2.08. The molecule has 0 aromatic heterocycles. The zero-order chi connectivity index (χ0) is 21.2. The minimum atomic E-state index is -4.69. The summed E-state index contributed by atoms with van der Waals surface area (Å²) in [4.78, 5) is -0.372. The van der Waals surface area contributed by atoms with Crippen molar-refractivity contribution in [3.63, 3.8) is 0 Å². The average molecular weight is 491 g/mol. The molecule has 12 heteroatoms.